The molecule has 1 saturated heterocycles. The number of hydrogen-bond acceptors (Lipinski definition) is 4. The number of nitrogens with zero attached hydrogens (tertiary/aromatic N) is 3. The molecule has 160 valence electrons. The van der Waals surface area contributed by atoms with E-state index in [1.54, 1.807) is 26.1 Å². The van der Waals surface area contributed by atoms with Gasteiger partial charge in [-0.3, -0.25) is 4.79 Å². The van der Waals surface area contributed by atoms with Gasteiger partial charge in [0.15, 0.2) is 5.96 Å². The third kappa shape index (κ3) is 6.27. The molecule has 1 aliphatic heterocycles. The van der Waals surface area contributed by atoms with Crippen molar-refractivity contribution in [2.45, 2.75) is 50.6 Å². The first-order chi connectivity index (χ1) is 14.0. The molecular formula is C22H35N5O2. The normalized spacial score (nSPS) is 20.4. The van der Waals surface area contributed by atoms with E-state index in [0.29, 0.717) is 6.04 Å². The van der Waals surface area contributed by atoms with Crippen molar-refractivity contribution in [3.63, 3.8) is 0 Å². The number of ether oxygens (including phenoxy) is 1. The summed E-state index contributed by atoms with van der Waals surface area (Å²) in [5.74, 6) is 1.66. The second-order valence-electron chi connectivity index (χ2n) is 8.21. The maximum absolute atomic E-state index is 12.0. The van der Waals surface area contributed by atoms with Crippen molar-refractivity contribution in [1.29, 1.82) is 0 Å². The largest absolute Gasteiger partial charge is 0.497 e. The monoisotopic (exact) mass is 401 g/mol. The predicted octanol–water partition coefficient (Wildman–Crippen LogP) is 2.23. The first-order valence-electron chi connectivity index (χ1n) is 10.7. The third-order valence-electron chi connectivity index (χ3n) is 5.75. The van der Waals surface area contributed by atoms with E-state index in [9.17, 15) is 4.79 Å². The summed E-state index contributed by atoms with van der Waals surface area (Å²) in [5, 5.41) is 7.16. The van der Waals surface area contributed by atoms with Crippen LogP contribution in [-0.2, 0) is 4.79 Å². The van der Waals surface area contributed by atoms with Crippen LogP contribution in [0, 0.1) is 0 Å². The molecule has 3 rings (SSSR count). The number of rotatable bonds is 6. The average molecular weight is 402 g/mol. The SMILES string of the molecule is COc1cccc(N2CCCC(NC(=NCC(=O)N(C)C)NC3CCCC3)C2)c1. The molecule has 1 aliphatic carbocycles. The zero-order valence-electron chi connectivity index (χ0n) is 18.0. The van der Waals surface area contributed by atoms with Crippen molar-refractivity contribution in [3.8, 4) is 5.75 Å². The molecule has 2 fully saturated rings. The van der Waals surface area contributed by atoms with Crippen molar-refractivity contribution in [2.24, 2.45) is 4.99 Å². The lowest BCUT2D eigenvalue weighted by molar-refractivity contribution is -0.127. The summed E-state index contributed by atoms with van der Waals surface area (Å²) in [4.78, 5) is 20.6. The van der Waals surface area contributed by atoms with Crippen molar-refractivity contribution < 1.29 is 9.53 Å². The Morgan fingerprint density at radius 1 is 1.17 bits per heavy atom. The number of benzene rings is 1. The number of amides is 1. The summed E-state index contributed by atoms with van der Waals surface area (Å²) < 4.78 is 5.38. The Balaban J connectivity index is 1.65. The van der Waals surface area contributed by atoms with E-state index >= 15 is 0 Å². The van der Waals surface area contributed by atoms with Crippen LogP contribution in [0.3, 0.4) is 0 Å². The van der Waals surface area contributed by atoms with Gasteiger partial charge in [-0.15, -0.1) is 0 Å². The molecule has 0 aromatic heterocycles. The number of aliphatic imine (C=N–C) groups is 1. The van der Waals surface area contributed by atoms with Gasteiger partial charge < -0.3 is 25.2 Å². The molecule has 1 amide bonds. The highest BCUT2D eigenvalue weighted by molar-refractivity contribution is 5.85. The number of carbonyl (C=O) groups is 1. The summed E-state index contributed by atoms with van der Waals surface area (Å²) >= 11 is 0. The fourth-order valence-electron chi connectivity index (χ4n) is 4.01. The molecular weight excluding hydrogens is 366 g/mol. The molecule has 0 spiro atoms. The van der Waals surface area contributed by atoms with E-state index < -0.39 is 0 Å². The lowest BCUT2D eigenvalue weighted by atomic mass is 10.0. The number of hydrogen-bond donors (Lipinski definition) is 2. The van der Waals surface area contributed by atoms with Crippen molar-refractivity contribution in [2.75, 3.05) is 45.7 Å². The molecule has 1 heterocycles. The highest BCUT2D eigenvalue weighted by atomic mass is 16.5. The van der Waals surface area contributed by atoms with Gasteiger partial charge in [-0.2, -0.15) is 0 Å². The quantitative estimate of drug-likeness (QED) is 0.565. The Hall–Kier alpha value is -2.44. The minimum Gasteiger partial charge on any atom is -0.497 e. The smallest absolute Gasteiger partial charge is 0.243 e. The molecule has 1 saturated carbocycles. The summed E-state index contributed by atoms with van der Waals surface area (Å²) in [7, 11) is 5.23. The Morgan fingerprint density at radius 3 is 2.62 bits per heavy atom. The molecule has 1 aromatic rings. The van der Waals surface area contributed by atoms with Crippen LogP contribution in [0.25, 0.3) is 0 Å². The van der Waals surface area contributed by atoms with E-state index in [4.69, 9.17) is 4.74 Å². The number of likely N-dealkylation sites (N-methyl/N-ethyl adjacent to an activating group) is 1. The van der Waals surface area contributed by atoms with Crippen LogP contribution in [0.2, 0.25) is 0 Å². The molecule has 0 bridgehead atoms. The number of carbonyl (C=O) groups excluding carboxylic acids is 1. The average Bonchev–Trinajstić information content (AvgIpc) is 3.25. The second-order valence-corrected chi connectivity index (χ2v) is 8.21. The van der Waals surface area contributed by atoms with Crippen LogP contribution < -0.4 is 20.3 Å². The predicted molar refractivity (Wildman–Crippen MR) is 118 cm³/mol. The van der Waals surface area contributed by atoms with Gasteiger partial charge in [-0.05, 0) is 37.8 Å². The third-order valence-corrected chi connectivity index (χ3v) is 5.75. The van der Waals surface area contributed by atoms with Gasteiger partial charge in [0.05, 0.1) is 7.11 Å². The Bertz CT molecular complexity index is 700. The highest BCUT2D eigenvalue weighted by Crippen LogP contribution is 2.24. The number of guanidine groups is 1. The molecule has 7 heteroatoms. The van der Waals surface area contributed by atoms with Crippen LogP contribution in [0.4, 0.5) is 5.69 Å². The van der Waals surface area contributed by atoms with E-state index in [0.717, 1.165) is 37.6 Å². The molecule has 2 N–H and O–H groups in total. The van der Waals surface area contributed by atoms with Gasteiger partial charge in [-0.25, -0.2) is 4.99 Å². The summed E-state index contributed by atoms with van der Waals surface area (Å²) in [5.41, 5.74) is 1.18. The fourth-order valence-corrected chi connectivity index (χ4v) is 4.01. The Kier molecular flexibility index (Phi) is 7.61. The minimum atomic E-state index is 0.0131. The minimum absolute atomic E-state index is 0.0131. The van der Waals surface area contributed by atoms with Crippen LogP contribution in [0.5, 0.6) is 5.75 Å². The number of methoxy groups -OCH3 is 1. The van der Waals surface area contributed by atoms with Gasteiger partial charge in [0.1, 0.15) is 12.3 Å². The standard InChI is InChI=1S/C22H35N5O2/c1-26(2)21(28)15-23-22(24-17-8-4-5-9-17)25-18-10-7-13-27(16-18)19-11-6-12-20(14-19)29-3/h6,11-12,14,17-18H,4-5,7-10,13,15-16H2,1-3H3,(H2,23,24,25). The van der Waals surface area contributed by atoms with Crippen LogP contribution in [0.15, 0.2) is 29.3 Å². The van der Waals surface area contributed by atoms with Gasteiger partial charge in [0.2, 0.25) is 5.91 Å². The van der Waals surface area contributed by atoms with Crippen molar-refractivity contribution >= 4 is 17.6 Å². The summed E-state index contributed by atoms with van der Waals surface area (Å²) in [6.45, 7) is 2.11. The van der Waals surface area contributed by atoms with Crippen LogP contribution in [-0.4, -0.2) is 69.7 Å². The van der Waals surface area contributed by atoms with E-state index in [2.05, 4.69) is 32.7 Å². The number of nitrogens with one attached hydrogen (secondary N) is 2. The Labute approximate surface area is 174 Å². The molecule has 29 heavy (non-hydrogen) atoms. The molecule has 0 radical (unpaired) electrons. The van der Waals surface area contributed by atoms with Gasteiger partial charge in [0.25, 0.3) is 0 Å². The highest BCUT2D eigenvalue weighted by Gasteiger charge is 2.23. The topological polar surface area (TPSA) is 69.2 Å². The van der Waals surface area contributed by atoms with Crippen molar-refractivity contribution in [1.82, 2.24) is 15.5 Å². The van der Waals surface area contributed by atoms with Crippen molar-refractivity contribution in [3.05, 3.63) is 24.3 Å². The molecule has 1 unspecified atom stereocenters. The van der Waals surface area contributed by atoms with E-state index in [1.807, 2.05) is 12.1 Å². The zero-order valence-corrected chi connectivity index (χ0v) is 18.0. The van der Waals surface area contributed by atoms with Gasteiger partial charge in [-0.1, -0.05) is 18.9 Å². The maximum Gasteiger partial charge on any atom is 0.243 e. The molecule has 2 aliphatic rings. The first-order valence-corrected chi connectivity index (χ1v) is 10.7. The lowest BCUT2D eigenvalue weighted by Crippen LogP contribution is -2.53. The number of anilines is 1. The summed E-state index contributed by atoms with van der Waals surface area (Å²) in [6, 6.07) is 8.97. The summed E-state index contributed by atoms with van der Waals surface area (Å²) in [6.07, 6.45) is 7.06. The van der Waals surface area contributed by atoms with E-state index in [1.165, 1.54) is 31.4 Å². The lowest BCUT2D eigenvalue weighted by Gasteiger charge is -2.36. The van der Waals surface area contributed by atoms with Gasteiger partial charge >= 0.3 is 0 Å². The fraction of sp³-hybridized carbons (Fsp3) is 0.636. The second kappa shape index (κ2) is 10.4. The molecule has 7 nitrogen and oxygen atoms in total. The number of piperidine rings is 1. The van der Waals surface area contributed by atoms with Gasteiger partial charge in [0, 0.05) is 51.0 Å². The van der Waals surface area contributed by atoms with E-state index in [-0.39, 0.29) is 18.5 Å². The Morgan fingerprint density at radius 2 is 1.90 bits per heavy atom. The molecule has 1 aromatic carbocycles. The van der Waals surface area contributed by atoms with Crippen LogP contribution >= 0.6 is 0 Å². The van der Waals surface area contributed by atoms with Crippen LogP contribution in [0.1, 0.15) is 38.5 Å². The first kappa shape index (κ1) is 21.3. The zero-order chi connectivity index (χ0) is 20.6. The molecule has 1 atom stereocenters. The maximum atomic E-state index is 12.0.